The van der Waals surface area contributed by atoms with Gasteiger partial charge in [0.2, 0.25) is 0 Å². The van der Waals surface area contributed by atoms with Gasteiger partial charge in [-0.15, -0.1) is 11.3 Å². The molecule has 2 nitrogen and oxygen atoms in total. The van der Waals surface area contributed by atoms with Crippen molar-refractivity contribution in [1.82, 2.24) is 5.32 Å². The Morgan fingerprint density at radius 1 is 1.44 bits per heavy atom. The fourth-order valence-corrected chi connectivity index (χ4v) is 5.15. The molecule has 0 unspecified atom stereocenters. The van der Waals surface area contributed by atoms with E-state index in [9.17, 15) is 4.21 Å². The molecule has 0 saturated carbocycles. The van der Waals surface area contributed by atoms with E-state index in [1.807, 2.05) is 0 Å². The monoisotopic (exact) mass is 385 g/mol. The minimum absolute atomic E-state index is 0.539. The molecule has 0 aromatic carbocycles. The normalized spacial score (nSPS) is 25.9. The van der Waals surface area contributed by atoms with Crippen LogP contribution >= 0.6 is 43.2 Å². The first kappa shape index (κ1) is 13.2. The summed E-state index contributed by atoms with van der Waals surface area (Å²) in [5.41, 5.74) is 0. The topological polar surface area (TPSA) is 29.1 Å². The van der Waals surface area contributed by atoms with Gasteiger partial charge >= 0.3 is 0 Å². The third-order valence-electron chi connectivity index (χ3n) is 2.65. The molecule has 2 heterocycles. The van der Waals surface area contributed by atoms with Gasteiger partial charge < -0.3 is 5.32 Å². The molecule has 0 spiro atoms. The van der Waals surface area contributed by atoms with Gasteiger partial charge in [0.1, 0.15) is 0 Å². The molecule has 2 rings (SSSR count). The van der Waals surface area contributed by atoms with Crippen molar-refractivity contribution in [2.75, 3.05) is 11.5 Å². The molecule has 1 saturated heterocycles. The van der Waals surface area contributed by atoms with E-state index < -0.39 is 10.8 Å². The summed E-state index contributed by atoms with van der Waals surface area (Å²) in [5.74, 6) is 1.71. The van der Waals surface area contributed by atoms with E-state index in [4.69, 9.17) is 0 Å². The minimum atomic E-state index is -0.561. The summed E-state index contributed by atoms with van der Waals surface area (Å²) in [5, 5.41) is 3.53. The third kappa shape index (κ3) is 3.63. The van der Waals surface area contributed by atoms with Crippen molar-refractivity contribution in [3.63, 3.8) is 0 Å². The maximum atomic E-state index is 11.2. The summed E-state index contributed by atoms with van der Waals surface area (Å²) in [6.45, 7) is 0.909. The van der Waals surface area contributed by atoms with Crippen molar-refractivity contribution in [2.24, 2.45) is 0 Å². The average molecular weight is 387 g/mol. The van der Waals surface area contributed by atoms with Crippen LogP contribution in [0, 0.1) is 0 Å². The van der Waals surface area contributed by atoms with Gasteiger partial charge in [-0.3, -0.25) is 4.21 Å². The standard InChI is InChI=1S/C10H13Br2NOS2/c11-9-5-8(15-10(9)12)6-13-7-1-3-16(14)4-2-7/h5,7,13H,1-4,6H2. The van der Waals surface area contributed by atoms with Crippen LogP contribution in [-0.4, -0.2) is 21.8 Å². The zero-order valence-electron chi connectivity index (χ0n) is 8.67. The summed E-state index contributed by atoms with van der Waals surface area (Å²) < 4.78 is 13.5. The van der Waals surface area contributed by atoms with Crippen molar-refractivity contribution in [3.05, 3.63) is 19.2 Å². The number of nitrogens with one attached hydrogen (secondary N) is 1. The lowest BCUT2D eigenvalue weighted by Crippen LogP contribution is -2.35. The molecule has 1 aromatic heterocycles. The van der Waals surface area contributed by atoms with Crippen LogP contribution in [0.4, 0.5) is 0 Å². The average Bonchev–Trinajstić information content (AvgIpc) is 2.58. The van der Waals surface area contributed by atoms with E-state index in [2.05, 4.69) is 43.2 Å². The predicted molar refractivity (Wildman–Crippen MR) is 77.5 cm³/mol. The van der Waals surface area contributed by atoms with Crippen molar-refractivity contribution < 1.29 is 4.21 Å². The highest BCUT2D eigenvalue weighted by Gasteiger charge is 2.17. The lowest BCUT2D eigenvalue weighted by Gasteiger charge is -2.22. The van der Waals surface area contributed by atoms with Crippen molar-refractivity contribution >= 4 is 54.0 Å². The van der Waals surface area contributed by atoms with E-state index in [-0.39, 0.29) is 0 Å². The van der Waals surface area contributed by atoms with Crippen LogP contribution in [0.5, 0.6) is 0 Å². The van der Waals surface area contributed by atoms with Gasteiger partial charge in [-0.05, 0) is 50.8 Å². The highest BCUT2D eigenvalue weighted by atomic mass is 79.9. The van der Waals surface area contributed by atoms with Gasteiger partial charge in [0, 0.05) is 44.2 Å². The van der Waals surface area contributed by atoms with Gasteiger partial charge in [0.25, 0.3) is 0 Å². The Kier molecular flexibility index (Phi) is 5.03. The molecule has 1 fully saturated rings. The Morgan fingerprint density at radius 2 is 2.12 bits per heavy atom. The second-order valence-corrected chi connectivity index (χ2v) is 8.84. The van der Waals surface area contributed by atoms with Crippen LogP contribution in [0.25, 0.3) is 0 Å². The highest BCUT2D eigenvalue weighted by Crippen LogP contribution is 2.32. The molecule has 6 heteroatoms. The molecule has 1 aliphatic heterocycles. The van der Waals surface area contributed by atoms with E-state index >= 15 is 0 Å². The molecule has 0 atom stereocenters. The van der Waals surface area contributed by atoms with Crippen LogP contribution in [0.1, 0.15) is 17.7 Å². The first-order chi connectivity index (χ1) is 7.65. The Balaban J connectivity index is 1.81. The van der Waals surface area contributed by atoms with Crippen LogP contribution in [0.15, 0.2) is 14.3 Å². The Morgan fingerprint density at radius 3 is 2.69 bits per heavy atom. The first-order valence-electron chi connectivity index (χ1n) is 5.17. The first-order valence-corrected chi connectivity index (χ1v) is 9.06. The number of halogens is 2. The lowest BCUT2D eigenvalue weighted by molar-refractivity contribution is 0.477. The van der Waals surface area contributed by atoms with E-state index in [1.165, 1.54) is 4.88 Å². The largest absolute Gasteiger partial charge is 0.309 e. The summed E-state index contributed by atoms with van der Waals surface area (Å²) in [6.07, 6.45) is 2.08. The zero-order valence-corrected chi connectivity index (χ0v) is 13.5. The van der Waals surface area contributed by atoms with Crippen LogP contribution in [0.3, 0.4) is 0 Å². The number of hydrogen-bond donors (Lipinski definition) is 1. The van der Waals surface area contributed by atoms with Crippen LogP contribution in [-0.2, 0) is 17.3 Å². The molecule has 0 bridgehead atoms. The molecule has 90 valence electrons. The fraction of sp³-hybridized carbons (Fsp3) is 0.600. The molecular weight excluding hydrogens is 374 g/mol. The fourth-order valence-electron chi connectivity index (χ4n) is 1.72. The van der Waals surface area contributed by atoms with Crippen LogP contribution in [0.2, 0.25) is 0 Å². The lowest BCUT2D eigenvalue weighted by atomic mass is 10.1. The maximum absolute atomic E-state index is 11.2. The predicted octanol–water partition coefficient (Wildman–Crippen LogP) is 3.27. The van der Waals surface area contributed by atoms with Gasteiger partial charge in [-0.1, -0.05) is 0 Å². The van der Waals surface area contributed by atoms with Crippen molar-refractivity contribution in [3.8, 4) is 0 Å². The summed E-state index contributed by atoms with van der Waals surface area (Å²) in [7, 11) is -0.561. The van der Waals surface area contributed by atoms with Gasteiger partial charge in [-0.2, -0.15) is 0 Å². The van der Waals surface area contributed by atoms with Gasteiger partial charge in [-0.25, -0.2) is 0 Å². The maximum Gasteiger partial charge on any atom is 0.0843 e. The second-order valence-electron chi connectivity index (χ2n) is 3.84. The van der Waals surface area contributed by atoms with Gasteiger partial charge in [0.15, 0.2) is 0 Å². The minimum Gasteiger partial charge on any atom is -0.309 e. The zero-order chi connectivity index (χ0) is 11.5. The number of hydrogen-bond acceptors (Lipinski definition) is 3. The molecule has 1 aromatic rings. The molecule has 0 amide bonds. The van der Waals surface area contributed by atoms with E-state index in [0.29, 0.717) is 6.04 Å². The van der Waals surface area contributed by atoms with Crippen LogP contribution < -0.4 is 5.32 Å². The van der Waals surface area contributed by atoms with E-state index in [1.54, 1.807) is 11.3 Å². The quantitative estimate of drug-likeness (QED) is 0.863. The number of thiophene rings is 1. The molecule has 0 radical (unpaired) electrons. The Hall–Kier alpha value is 0.770. The summed E-state index contributed by atoms with van der Waals surface area (Å²) >= 11 is 8.73. The molecule has 1 N–H and O–H groups in total. The highest BCUT2D eigenvalue weighted by molar-refractivity contribution is 9.13. The van der Waals surface area contributed by atoms with E-state index in [0.717, 1.165) is 39.2 Å². The third-order valence-corrected chi connectivity index (χ3v) is 7.29. The molecule has 0 aliphatic carbocycles. The van der Waals surface area contributed by atoms with Crippen molar-refractivity contribution in [2.45, 2.75) is 25.4 Å². The molecule has 16 heavy (non-hydrogen) atoms. The Bertz CT molecular complexity index is 365. The number of rotatable bonds is 3. The van der Waals surface area contributed by atoms with Crippen molar-refractivity contribution in [1.29, 1.82) is 0 Å². The smallest absolute Gasteiger partial charge is 0.0843 e. The summed E-state index contributed by atoms with van der Waals surface area (Å²) in [4.78, 5) is 1.32. The second kappa shape index (κ2) is 6.09. The molecular formula is C10H13Br2NOS2. The molecule has 1 aliphatic rings. The summed E-state index contributed by atoms with van der Waals surface area (Å²) in [6, 6.07) is 2.68. The Labute approximate surface area is 119 Å². The SMILES string of the molecule is O=S1CCC(NCc2cc(Br)c(Br)s2)CC1. The van der Waals surface area contributed by atoms with Gasteiger partial charge in [0.05, 0.1) is 3.79 Å².